The van der Waals surface area contributed by atoms with E-state index in [2.05, 4.69) is 9.71 Å². The first-order valence-electron chi connectivity index (χ1n) is 7.97. The van der Waals surface area contributed by atoms with Gasteiger partial charge in [-0.25, -0.2) is 13.1 Å². The number of aryl methyl sites for hydroxylation is 1. The molecule has 0 spiro atoms. The van der Waals surface area contributed by atoms with Crippen molar-refractivity contribution in [2.75, 3.05) is 5.75 Å². The van der Waals surface area contributed by atoms with Gasteiger partial charge in [0.25, 0.3) is 0 Å². The molecule has 4 nitrogen and oxygen atoms in total. The number of para-hydroxylation sites is 1. The number of pyridine rings is 1. The summed E-state index contributed by atoms with van der Waals surface area (Å²) < 4.78 is 26.9. The van der Waals surface area contributed by atoms with Gasteiger partial charge < -0.3 is 0 Å². The van der Waals surface area contributed by atoms with Crippen molar-refractivity contribution in [3.8, 4) is 0 Å². The van der Waals surface area contributed by atoms with Crippen molar-refractivity contribution in [1.29, 1.82) is 0 Å². The molecular weight excluding hydrogens is 320 g/mol. The maximum Gasteiger partial charge on any atom is 0.211 e. The zero-order valence-corrected chi connectivity index (χ0v) is 14.2. The molecule has 1 heterocycles. The van der Waals surface area contributed by atoms with Crippen molar-refractivity contribution in [3.05, 3.63) is 78.0 Å². The Bertz CT molecular complexity index is 909. The van der Waals surface area contributed by atoms with Crippen LogP contribution in [-0.2, 0) is 23.0 Å². The summed E-state index contributed by atoms with van der Waals surface area (Å²) in [6.45, 7) is 0.269. The quantitative estimate of drug-likeness (QED) is 0.718. The second-order valence-corrected chi connectivity index (χ2v) is 7.69. The third kappa shape index (κ3) is 4.63. The van der Waals surface area contributed by atoms with Crippen LogP contribution < -0.4 is 4.72 Å². The number of nitrogens with one attached hydrogen (secondary N) is 1. The topological polar surface area (TPSA) is 59.1 Å². The summed E-state index contributed by atoms with van der Waals surface area (Å²) in [5.74, 6) is 0.128. The molecule has 0 unspecified atom stereocenters. The molecule has 2 aromatic carbocycles. The molecular formula is C19H20N2O2S. The maximum absolute atomic E-state index is 12.1. The number of hydrogen-bond acceptors (Lipinski definition) is 3. The summed E-state index contributed by atoms with van der Waals surface area (Å²) in [6.07, 6.45) is 3.09. The Balaban J connectivity index is 1.54. The molecule has 0 saturated carbocycles. The first-order valence-corrected chi connectivity index (χ1v) is 9.62. The smallest absolute Gasteiger partial charge is 0.211 e. The first-order chi connectivity index (χ1) is 11.6. The highest BCUT2D eigenvalue weighted by molar-refractivity contribution is 7.89. The van der Waals surface area contributed by atoms with Crippen LogP contribution in [-0.4, -0.2) is 19.2 Å². The molecule has 0 aliphatic heterocycles. The molecule has 0 fully saturated rings. The highest BCUT2D eigenvalue weighted by Crippen LogP contribution is 2.12. The summed E-state index contributed by atoms with van der Waals surface area (Å²) in [7, 11) is -3.28. The first kappa shape index (κ1) is 16.6. The lowest BCUT2D eigenvalue weighted by molar-refractivity contribution is 0.578. The van der Waals surface area contributed by atoms with E-state index in [9.17, 15) is 8.42 Å². The maximum atomic E-state index is 12.1. The van der Waals surface area contributed by atoms with Gasteiger partial charge in [-0.3, -0.25) is 4.98 Å². The van der Waals surface area contributed by atoms with Crippen molar-refractivity contribution in [1.82, 2.24) is 9.71 Å². The standard InChI is InChI=1S/C19H20N2O2S/c22-24(23,12-6-9-16-7-2-1-3-8-16)21-15-17-13-18-10-4-5-11-19(18)20-14-17/h1-5,7-8,10-11,13-14,21H,6,9,12,15H2. The number of benzene rings is 2. The van der Waals surface area contributed by atoms with Gasteiger partial charge in [-0.15, -0.1) is 0 Å². The van der Waals surface area contributed by atoms with E-state index >= 15 is 0 Å². The van der Waals surface area contributed by atoms with Gasteiger partial charge >= 0.3 is 0 Å². The van der Waals surface area contributed by atoms with E-state index in [1.807, 2.05) is 60.7 Å². The van der Waals surface area contributed by atoms with Crippen molar-refractivity contribution >= 4 is 20.9 Å². The van der Waals surface area contributed by atoms with Gasteiger partial charge in [0, 0.05) is 18.1 Å². The van der Waals surface area contributed by atoms with Crippen LogP contribution in [0, 0.1) is 0 Å². The Hall–Kier alpha value is -2.24. The highest BCUT2D eigenvalue weighted by atomic mass is 32.2. The van der Waals surface area contributed by atoms with Gasteiger partial charge in [0.2, 0.25) is 10.0 Å². The number of rotatable bonds is 7. The van der Waals surface area contributed by atoms with Gasteiger partial charge in [0.1, 0.15) is 0 Å². The van der Waals surface area contributed by atoms with E-state index in [1.165, 1.54) is 0 Å². The summed E-state index contributed by atoms with van der Waals surface area (Å²) in [5.41, 5.74) is 2.93. The molecule has 0 atom stereocenters. The molecule has 124 valence electrons. The minimum atomic E-state index is -3.28. The van der Waals surface area contributed by atoms with Crippen LogP contribution in [0.1, 0.15) is 17.5 Å². The molecule has 3 aromatic rings. The van der Waals surface area contributed by atoms with E-state index in [-0.39, 0.29) is 12.3 Å². The molecule has 0 bridgehead atoms. The molecule has 0 amide bonds. The predicted octanol–water partition coefficient (Wildman–Crippen LogP) is 3.29. The van der Waals surface area contributed by atoms with Crippen LogP contribution in [0.4, 0.5) is 0 Å². The van der Waals surface area contributed by atoms with Crippen LogP contribution in [0.15, 0.2) is 66.9 Å². The van der Waals surface area contributed by atoms with Crippen LogP contribution in [0.3, 0.4) is 0 Å². The molecule has 0 aliphatic carbocycles. The predicted molar refractivity (Wildman–Crippen MR) is 97.1 cm³/mol. The molecule has 24 heavy (non-hydrogen) atoms. The highest BCUT2D eigenvalue weighted by Gasteiger charge is 2.10. The van der Waals surface area contributed by atoms with Crippen LogP contribution in [0.5, 0.6) is 0 Å². The minimum absolute atomic E-state index is 0.128. The van der Waals surface area contributed by atoms with Gasteiger partial charge in [-0.1, -0.05) is 48.5 Å². The number of nitrogens with zero attached hydrogens (tertiary/aromatic N) is 1. The van der Waals surface area contributed by atoms with E-state index in [4.69, 9.17) is 0 Å². The van der Waals surface area contributed by atoms with E-state index in [0.717, 1.165) is 28.5 Å². The molecule has 0 aliphatic rings. The second-order valence-electron chi connectivity index (χ2n) is 5.77. The molecule has 5 heteroatoms. The summed E-state index contributed by atoms with van der Waals surface area (Å²) >= 11 is 0. The average Bonchev–Trinajstić information content (AvgIpc) is 2.61. The van der Waals surface area contributed by atoms with Crippen LogP contribution in [0.25, 0.3) is 10.9 Å². The average molecular weight is 340 g/mol. The SMILES string of the molecule is O=S(=O)(CCCc1ccccc1)NCc1cnc2ccccc2c1. The van der Waals surface area contributed by atoms with Crippen molar-refractivity contribution in [2.45, 2.75) is 19.4 Å². The van der Waals surface area contributed by atoms with E-state index in [0.29, 0.717) is 6.42 Å². The van der Waals surface area contributed by atoms with Gasteiger partial charge in [0.05, 0.1) is 11.3 Å². The van der Waals surface area contributed by atoms with Crippen molar-refractivity contribution in [2.24, 2.45) is 0 Å². The van der Waals surface area contributed by atoms with Gasteiger partial charge in [-0.2, -0.15) is 0 Å². The largest absolute Gasteiger partial charge is 0.256 e. The Morgan fingerprint density at radius 1 is 0.917 bits per heavy atom. The molecule has 1 N–H and O–H groups in total. The summed E-state index contributed by atoms with van der Waals surface area (Å²) in [5, 5.41) is 1.01. The van der Waals surface area contributed by atoms with Gasteiger partial charge in [0.15, 0.2) is 0 Å². The lowest BCUT2D eigenvalue weighted by Gasteiger charge is -2.07. The number of sulfonamides is 1. The molecule has 0 radical (unpaired) electrons. The normalized spacial score (nSPS) is 11.7. The zero-order chi connectivity index (χ0) is 16.8. The van der Waals surface area contributed by atoms with E-state index in [1.54, 1.807) is 6.20 Å². The Morgan fingerprint density at radius 2 is 1.67 bits per heavy atom. The molecule has 1 aromatic heterocycles. The lowest BCUT2D eigenvalue weighted by Crippen LogP contribution is -2.26. The minimum Gasteiger partial charge on any atom is -0.256 e. The Kier molecular flexibility index (Phi) is 5.23. The van der Waals surface area contributed by atoms with E-state index < -0.39 is 10.0 Å². The second kappa shape index (κ2) is 7.55. The third-order valence-electron chi connectivity index (χ3n) is 3.86. The van der Waals surface area contributed by atoms with Gasteiger partial charge in [-0.05, 0) is 36.1 Å². The molecule has 3 rings (SSSR count). The van der Waals surface area contributed by atoms with Crippen LogP contribution in [0.2, 0.25) is 0 Å². The summed E-state index contributed by atoms with van der Waals surface area (Å²) in [4.78, 5) is 4.35. The van der Waals surface area contributed by atoms with Crippen molar-refractivity contribution in [3.63, 3.8) is 0 Å². The fraction of sp³-hybridized carbons (Fsp3) is 0.211. The summed E-state index contributed by atoms with van der Waals surface area (Å²) in [6, 6.07) is 19.7. The fourth-order valence-electron chi connectivity index (χ4n) is 2.59. The Labute approximate surface area is 142 Å². The Morgan fingerprint density at radius 3 is 2.50 bits per heavy atom. The number of fused-ring (bicyclic) bond motifs is 1. The lowest BCUT2D eigenvalue weighted by atomic mass is 10.1. The monoisotopic (exact) mass is 340 g/mol. The van der Waals surface area contributed by atoms with Crippen molar-refractivity contribution < 1.29 is 8.42 Å². The van der Waals surface area contributed by atoms with Crippen LogP contribution >= 0.6 is 0 Å². The number of aromatic nitrogens is 1. The third-order valence-corrected chi connectivity index (χ3v) is 5.27. The fourth-order valence-corrected chi connectivity index (χ4v) is 3.65. The number of hydrogen-bond donors (Lipinski definition) is 1. The molecule has 0 saturated heterocycles. The zero-order valence-electron chi connectivity index (χ0n) is 13.4.